The average Bonchev–Trinajstić information content (AvgIpc) is 3.14. The van der Waals surface area contributed by atoms with Gasteiger partial charge in [-0.1, -0.05) is 13.8 Å². The first kappa shape index (κ1) is 25.3. The zero-order valence-corrected chi connectivity index (χ0v) is 23.6. The number of anilines is 3. The van der Waals surface area contributed by atoms with Crippen LogP contribution in [-0.2, 0) is 18.9 Å². The zero-order valence-electron chi connectivity index (χ0n) is 20.5. The van der Waals surface area contributed by atoms with E-state index in [1.54, 1.807) is 11.7 Å². The predicted molar refractivity (Wildman–Crippen MR) is 133 cm³/mol. The Morgan fingerprint density at radius 1 is 1.09 bits per heavy atom. The predicted octanol–water partition coefficient (Wildman–Crippen LogP) is 2.52. The summed E-state index contributed by atoms with van der Waals surface area (Å²) >= 11 is 0. The normalized spacial score (nSPS) is 16.9. The second kappa shape index (κ2) is 9.67. The molecule has 1 aliphatic heterocycles. The van der Waals surface area contributed by atoms with Crippen LogP contribution in [0.1, 0.15) is 35.5 Å². The Labute approximate surface area is 242 Å². The van der Waals surface area contributed by atoms with Crippen molar-refractivity contribution in [3.8, 4) is 11.4 Å². The quantitative estimate of drug-likeness (QED) is 0.543. The van der Waals surface area contributed by atoms with Gasteiger partial charge < -0.3 is 20.2 Å². The van der Waals surface area contributed by atoms with E-state index in [-0.39, 0.29) is 62.5 Å². The Hall–Kier alpha value is -1.82. The maximum atomic E-state index is 11.8. The van der Waals surface area contributed by atoms with E-state index in [0.717, 1.165) is 54.4 Å². The van der Waals surface area contributed by atoms with Crippen LogP contribution in [0.15, 0.2) is 30.5 Å². The SMILES string of the molecule is CN1CCN(c2ccc(Nc3ncc4c(n3)-c3c(c(C(=O)O)nn3C)C(C)(C)C4)cc2)CC1.[K]. The first-order valence-corrected chi connectivity index (χ1v) is 11.2. The van der Waals surface area contributed by atoms with Crippen LogP contribution in [0.5, 0.6) is 0 Å². The van der Waals surface area contributed by atoms with Crippen molar-refractivity contribution in [3.05, 3.63) is 47.3 Å². The van der Waals surface area contributed by atoms with Gasteiger partial charge in [-0.25, -0.2) is 14.8 Å². The van der Waals surface area contributed by atoms with Crippen molar-refractivity contribution in [1.29, 1.82) is 0 Å². The van der Waals surface area contributed by atoms with Gasteiger partial charge in [0.15, 0.2) is 5.69 Å². The molecular formula is C24H29KN7O2. The number of hydrogen-bond acceptors (Lipinski definition) is 7. The van der Waals surface area contributed by atoms with Crippen LogP contribution >= 0.6 is 0 Å². The molecule has 173 valence electrons. The van der Waals surface area contributed by atoms with Gasteiger partial charge >= 0.3 is 5.97 Å². The molecule has 0 bridgehead atoms. The molecule has 1 radical (unpaired) electrons. The Morgan fingerprint density at radius 2 is 1.76 bits per heavy atom. The molecule has 3 aromatic rings. The summed E-state index contributed by atoms with van der Waals surface area (Å²) in [5.74, 6) is -0.541. The first-order valence-electron chi connectivity index (χ1n) is 11.2. The summed E-state index contributed by atoms with van der Waals surface area (Å²) in [6, 6.07) is 8.31. The number of carboxylic acids is 1. The standard InChI is InChI=1S/C24H29N7O2.K/c1-24(2)13-15-14-25-23(27-19(15)21-18(24)20(22(32)33)28-30(21)4)26-16-5-7-17(8-6-16)31-11-9-29(3)10-12-31;/h5-8,14H,9-13H2,1-4H3,(H,32,33)(H,25,26,27);. The fraction of sp³-hybridized carbons (Fsp3) is 0.417. The number of carbonyl (C=O) groups is 1. The largest absolute Gasteiger partial charge is 0.476 e. The monoisotopic (exact) mass is 486 g/mol. The van der Waals surface area contributed by atoms with Gasteiger partial charge in [-0.05, 0) is 48.7 Å². The number of piperazine rings is 1. The molecule has 0 amide bonds. The van der Waals surface area contributed by atoms with Crippen molar-refractivity contribution < 1.29 is 9.90 Å². The fourth-order valence-electron chi connectivity index (χ4n) is 4.90. The van der Waals surface area contributed by atoms with Crippen LogP contribution in [-0.4, -0.2) is 120 Å². The van der Waals surface area contributed by atoms with E-state index >= 15 is 0 Å². The van der Waals surface area contributed by atoms with E-state index in [0.29, 0.717) is 12.4 Å². The molecule has 10 heteroatoms. The number of nitrogens with one attached hydrogen (secondary N) is 1. The summed E-state index contributed by atoms with van der Waals surface area (Å²) in [4.78, 5) is 25.9. The molecule has 0 unspecified atom stereocenters. The van der Waals surface area contributed by atoms with Crippen LogP contribution < -0.4 is 10.2 Å². The molecule has 0 spiro atoms. The second-order valence-electron chi connectivity index (χ2n) is 9.59. The summed E-state index contributed by atoms with van der Waals surface area (Å²) in [5, 5.41) is 17.3. The van der Waals surface area contributed by atoms with Crippen molar-refractivity contribution >= 4 is 74.7 Å². The molecule has 1 aromatic carbocycles. The molecule has 0 saturated carbocycles. The molecule has 0 atom stereocenters. The van der Waals surface area contributed by atoms with Crippen LogP contribution in [0, 0.1) is 0 Å². The van der Waals surface area contributed by atoms with E-state index in [1.807, 2.05) is 32.2 Å². The zero-order chi connectivity index (χ0) is 23.3. The summed E-state index contributed by atoms with van der Waals surface area (Å²) in [6.07, 6.45) is 2.49. The number of benzene rings is 1. The smallest absolute Gasteiger partial charge is 0.356 e. The van der Waals surface area contributed by atoms with Gasteiger partial charge in [0.2, 0.25) is 5.95 Å². The maximum Gasteiger partial charge on any atom is 0.356 e. The Morgan fingerprint density at radius 3 is 2.41 bits per heavy atom. The van der Waals surface area contributed by atoms with Crippen LogP contribution in [0.4, 0.5) is 17.3 Å². The van der Waals surface area contributed by atoms with Gasteiger partial charge in [0, 0.05) is 108 Å². The number of aromatic carboxylic acids is 1. The van der Waals surface area contributed by atoms with E-state index in [1.165, 1.54) is 5.69 Å². The number of carboxylic acid groups (broad SMARTS) is 1. The third kappa shape index (κ3) is 4.67. The fourth-order valence-corrected chi connectivity index (χ4v) is 4.90. The third-order valence-electron chi connectivity index (χ3n) is 6.64. The Balaban J connectivity index is 0.00000274. The van der Waals surface area contributed by atoms with Crippen molar-refractivity contribution in [2.75, 3.05) is 43.4 Å². The molecule has 1 aliphatic carbocycles. The Bertz CT molecular complexity index is 1210. The molecule has 5 rings (SSSR count). The first-order chi connectivity index (χ1) is 15.7. The molecule has 34 heavy (non-hydrogen) atoms. The topological polar surface area (TPSA) is 99.4 Å². The van der Waals surface area contributed by atoms with Crippen LogP contribution in [0.3, 0.4) is 0 Å². The van der Waals surface area contributed by atoms with E-state index in [4.69, 9.17) is 4.98 Å². The molecule has 1 fully saturated rings. The number of fused-ring (bicyclic) bond motifs is 3. The van der Waals surface area contributed by atoms with E-state index in [2.05, 4.69) is 44.4 Å². The van der Waals surface area contributed by atoms with Gasteiger partial charge in [-0.3, -0.25) is 4.68 Å². The van der Waals surface area contributed by atoms with Crippen LogP contribution in [0.2, 0.25) is 0 Å². The van der Waals surface area contributed by atoms with Crippen molar-refractivity contribution in [2.24, 2.45) is 7.05 Å². The van der Waals surface area contributed by atoms with Gasteiger partial charge in [0.05, 0.1) is 11.4 Å². The summed E-state index contributed by atoms with van der Waals surface area (Å²) in [6.45, 7) is 8.27. The maximum absolute atomic E-state index is 11.8. The van der Waals surface area contributed by atoms with Gasteiger partial charge in [-0.2, -0.15) is 5.10 Å². The minimum Gasteiger partial charge on any atom is -0.476 e. The minimum absolute atomic E-state index is 0. The van der Waals surface area contributed by atoms with Gasteiger partial charge in [0.1, 0.15) is 0 Å². The summed E-state index contributed by atoms with van der Waals surface area (Å²) < 4.78 is 1.63. The number of nitrogens with zero attached hydrogens (tertiary/aromatic N) is 6. The molecule has 2 aliphatic rings. The van der Waals surface area contributed by atoms with E-state index in [9.17, 15) is 9.90 Å². The Kier molecular flexibility index (Phi) is 7.19. The average molecular weight is 487 g/mol. The summed E-state index contributed by atoms with van der Waals surface area (Å²) in [5.41, 5.74) is 5.03. The number of aryl methyl sites for hydroxylation is 1. The number of aromatic nitrogens is 4. The minimum atomic E-state index is -1.02. The summed E-state index contributed by atoms with van der Waals surface area (Å²) in [7, 11) is 3.92. The van der Waals surface area contributed by atoms with Crippen LogP contribution in [0.25, 0.3) is 11.4 Å². The van der Waals surface area contributed by atoms with Gasteiger partial charge in [0.25, 0.3) is 0 Å². The van der Waals surface area contributed by atoms with E-state index < -0.39 is 5.97 Å². The van der Waals surface area contributed by atoms with Crippen molar-refractivity contribution in [2.45, 2.75) is 25.7 Å². The number of hydrogen-bond donors (Lipinski definition) is 2. The molecule has 2 N–H and O–H groups in total. The molecule has 2 aromatic heterocycles. The van der Waals surface area contributed by atoms with Crippen molar-refractivity contribution in [1.82, 2.24) is 24.6 Å². The molecular weight excluding hydrogens is 457 g/mol. The number of rotatable bonds is 4. The molecule has 3 heterocycles. The number of likely N-dealkylation sites (N-methyl/N-ethyl adjacent to an activating group) is 1. The molecule has 1 saturated heterocycles. The molecule has 9 nitrogen and oxygen atoms in total. The second-order valence-corrected chi connectivity index (χ2v) is 9.59. The van der Waals surface area contributed by atoms with Gasteiger partial charge in [-0.15, -0.1) is 0 Å². The third-order valence-corrected chi connectivity index (χ3v) is 6.64. The van der Waals surface area contributed by atoms with Crippen molar-refractivity contribution in [3.63, 3.8) is 0 Å².